The van der Waals surface area contributed by atoms with Gasteiger partial charge in [0.2, 0.25) is 11.7 Å². The number of amides is 1. The second-order valence-electron chi connectivity index (χ2n) is 5.60. The molecule has 9 heteroatoms. The molecule has 0 bridgehead atoms. The van der Waals surface area contributed by atoms with Crippen LogP contribution in [0, 0.1) is 17.0 Å². The van der Waals surface area contributed by atoms with Crippen molar-refractivity contribution < 1.29 is 9.72 Å². The van der Waals surface area contributed by atoms with Crippen molar-refractivity contribution in [3.8, 4) is 0 Å². The summed E-state index contributed by atoms with van der Waals surface area (Å²) in [7, 11) is 0. The normalized spacial score (nSPS) is 15.0. The van der Waals surface area contributed by atoms with Crippen molar-refractivity contribution in [1.82, 2.24) is 19.8 Å². The fourth-order valence-electron chi connectivity index (χ4n) is 2.85. The average molecular weight is 346 g/mol. The van der Waals surface area contributed by atoms with E-state index in [2.05, 4.69) is 17.2 Å². The smallest absolute Gasteiger partial charge is 0.358 e. The van der Waals surface area contributed by atoms with Gasteiger partial charge in [-0.05, 0) is 42.3 Å². The lowest BCUT2D eigenvalue weighted by Gasteiger charge is -2.34. The molecule has 1 fully saturated rings. The Morgan fingerprint density at radius 3 is 2.70 bits per heavy atom. The summed E-state index contributed by atoms with van der Waals surface area (Å²) in [5.41, 5.74) is 0. The van der Waals surface area contributed by atoms with Crippen LogP contribution >= 0.6 is 12.4 Å². The van der Waals surface area contributed by atoms with Crippen LogP contribution < -0.4 is 5.32 Å². The molecule has 8 nitrogen and oxygen atoms in total. The number of carbonyl (C=O) groups excluding carboxylic acids is 1. The highest BCUT2D eigenvalue weighted by atomic mass is 35.5. The number of piperidine rings is 1. The highest BCUT2D eigenvalue weighted by Gasteiger charge is 2.26. The maximum absolute atomic E-state index is 12.6. The van der Waals surface area contributed by atoms with Gasteiger partial charge >= 0.3 is 5.82 Å². The molecular weight excluding hydrogens is 322 g/mol. The zero-order chi connectivity index (χ0) is 16.1. The summed E-state index contributed by atoms with van der Waals surface area (Å²) in [5, 5.41) is 14.1. The number of aryl methyl sites for hydroxylation is 1. The number of halogens is 1. The Kier molecular flexibility index (Phi) is 7.44. The number of hydrogen-bond acceptors (Lipinski definition) is 5. The van der Waals surface area contributed by atoms with Gasteiger partial charge < -0.3 is 20.3 Å². The molecule has 0 unspecified atom stereocenters. The van der Waals surface area contributed by atoms with Gasteiger partial charge in [0.25, 0.3) is 0 Å². The van der Waals surface area contributed by atoms with E-state index in [9.17, 15) is 14.9 Å². The van der Waals surface area contributed by atoms with E-state index < -0.39 is 4.92 Å². The van der Waals surface area contributed by atoms with E-state index in [0.29, 0.717) is 5.82 Å². The molecule has 1 amide bonds. The molecule has 0 aromatic carbocycles. The number of carbonyl (C=O) groups is 1. The summed E-state index contributed by atoms with van der Waals surface area (Å²) < 4.78 is 1.56. The fraction of sp³-hybridized carbons (Fsp3) is 0.714. The lowest BCUT2D eigenvalue weighted by atomic mass is 10.0. The Balaban J connectivity index is 0.00000264. The molecule has 23 heavy (non-hydrogen) atoms. The minimum atomic E-state index is -0.537. The molecule has 0 radical (unpaired) electrons. The summed E-state index contributed by atoms with van der Waals surface area (Å²) in [6, 6.07) is 0.257. The number of imidazole rings is 1. The number of aromatic nitrogens is 2. The summed E-state index contributed by atoms with van der Waals surface area (Å²) in [6.45, 7) is 6.40. The van der Waals surface area contributed by atoms with E-state index in [4.69, 9.17) is 0 Å². The Morgan fingerprint density at radius 2 is 2.17 bits per heavy atom. The zero-order valence-electron chi connectivity index (χ0n) is 13.5. The molecule has 2 heterocycles. The lowest BCUT2D eigenvalue weighted by Crippen LogP contribution is -2.47. The number of nitrogens with zero attached hydrogens (tertiary/aromatic N) is 4. The van der Waals surface area contributed by atoms with Crippen LogP contribution in [0.2, 0.25) is 0 Å². The van der Waals surface area contributed by atoms with Gasteiger partial charge in [-0.2, -0.15) is 0 Å². The van der Waals surface area contributed by atoms with Crippen LogP contribution in [0.3, 0.4) is 0 Å². The maximum atomic E-state index is 12.6. The Hall–Kier alpha value is -1.67. The van der Waals surface area contributed by atoms with E-state index in [1.54, 1.807) is 11.5 Å². The molecule has 0 spiro atoms. The van der Waals surface area contributed by atoms with Gasteiger partial charge in [-0.1, -0.05) is 6.92 Å². The Bertz CT molecular complexity index is 543. The van der Waals surface area contributed by atoms with Gasteiger partial charge in [-0.15, -0.1) is 12.4 Å². The molecule has 1 aliphatic heterocycles. The SMILES string of the molecule is CCCN(C(=O)Cn1cc([N+](=O)[O-])nc1C)C1CCNCC1.Cl. The van der Waals surface area contributed by atoms with Gasteiger partial charge in [-0.3, -0.25) is 9.36 Å². The first-order valence-electron chi connectivity index (χ1n) is 7.71. The van der Waals surface area contributed by atoms with E-state index in [-0.39, 0.29) is 36.7 Å². The standard InChI is InChI=1S/C14H23N5O3.ClH/c1-3-8-18(12-4-6-15-7-5-12)14(20)10-17-9-13(19(21)22)16-11(17)2;/h9,12,15H,3-8,10H2,1-2H3;1H. The maximum Gasteiger partial charge on any atom is 0.381 e. The minimum absolute atomic E-state index is 0. The highest BCUT2D eigenvalue weighted by Crippen LogP contribution is 2.15. The van der Waals surface area contributed by atoms with Crippen LogP contribution in [0.15, 0.2) is 6.20 Å². The van der Waals surface area contributed by atoms with Crippen LogP contribution in [-0.2, 0) is 11.3 Å². The van der Waals surface area contributed by atoms with Crippen molar-refractivity contribution in [3.63, 3.8) is 0 Å². The Labute approximate surface area is 141 Å². The third-order valence-corrected chi connectivity index (χ3v) is 3.99. The van der Waals surface area contributed by atoms with Crippen LogP contribution in [0.1, 0.15) is 32.0 Å². The molecule has 1 aromatic rings. The minimum Gasteiger partial charge on any atom is -0.358 e. The van der Waals surface area contributed by atoms with E-state index in [1.807, 2.05) is 4.90 Å². The summed E-state index contributed by atoms with van der Waals surface area (Å²) in [4.78, 5) is 28.6. The summed E-state index contributed by atoms with van der Waals surface area (Å²) >= 11 is 0. The number of nitrogens with one attached hydrogen (secondary N) is 1. The number of nitro groups is 1. The topological polar surface area (TPSA) is 93.3 Å². The van der Waals surface area contributed by atoms with Crippen LogP contribution in [0.4, 0.5) is 5.82 Å². The van der Waals surface area contributed by atoms with E-state index in [1.165, 1.54) is 6.20 Å². The second kappa shape index (κ2) is 8.83. The first-order chi connectivity index (χ1) is 10.5. The first-order valence-corrected chi connectivity index (χ1v) is 7.71. The summed E-state index contributed by atoms with van der Waals surface area (Å²) in [5.74, 6) is 0.278. The quantitative estimate of drug-likeness (QED) is 0.623. The van der Waals surface area contributed by atoms with Crippen LogP contribution in [-0.4, -0.2) is 51.0 Å². The fourth-order valence-corrected chi connectivity index (χ4v) is 2.85. The van der Waals surface area contributed by atoms with Gasteiger partial charge in [0, 0.05) is 19.5 Å². The third-order valence-electron chi connectivity index (χ3n) is 3.99. The monoisotopic (exact) mass is 345 g/mol. The molecule has 2 rings (SSSR count). The largest absolute Gasteiger partial charge is 0.381 e. The predicted molar refractivity (Wildman–Crippen MR) is 88.8 cm³/mol. The second-order valence-corrected chi connectivity index (χ2v) is 5.60. The van der Waals surface area contributed by atoms with Crippen LogP contribution in [0.25, 0.3) is 0 Å². The molecule has 1 aromatic heterocycles. The molecule has 130 valence electrons. The highest BCUT2D eigenvalue weighted by molar-refractivity contribution is 5.85. The summed E-state index contributed by atoms with van der Waals surface area (Å²) in [6.07, 6.45) is 4.14. The van der Waals surface area contributed by atoms with Gasteiger partial charge in [0.15, 0.2) is 0 Å². The average Bonchev–Trinajstić information content (AvgIpc) is 2.87. The molecule has 1 saturated heterocycles. The predicted octanol–water partition coefficient (Wildman–Crippen LogP) is 1.51. The number of rotatable bonds is 6. The van der Waals surface area contributed by atoms with E-state index >= 15 is 0 Å². The Morgan fingerprint density at radius 1 is 1.52 bits per heavy atom. The first kappa shape index (κ1) is 19.4. The molecular formula is C14H24ClN5O3. The van der Waals surface area contributed by atoms with Crippen molar-refractivity contribution in [2.45, 2.75) is 45.7 Å². The van der Waals surface area contributed by atoms with Crippen molar-refractivity contribution in [1.29, 1.82) is 0 Å². The zero-order valence-corrected chi connectivity index (χ0v) is 14.3. The van der Waals surface area contributed by atoms with Crippen molar-refractivity contribution in [3.05, 3.63) is 22.1 Å². The van der Waals surface area contributed by atoms with Gasteiger partial charge in [0.1, 0.15) is 12.7 Å². The van der Waals surface area contributed by atoms with Crippen molar-refractivity contribution in [2.75, 3.05) is 19.6 Å². The third kappa shape index (κ3) is 4.90. The molecule has 0 saturated carbocycles. The molecule has 1 N–H and O–H groups in total. The van der Waals surface area contributed by atoms with Gasteiger partial charge in [0.05, 0.1) is 0 Å². The molecule has 0 aliphatic carbocycles. The lowest BCUT2D eigenvalue weighted by molar-refractivity contribution is -0.389. The van der Waals surface area contributed by atoms with Crippen molar-refractivity contribution in [2.24, 2.45) is 0 Å². The van der Waals surface area contributed by atoms with Crippen molar-refractivity contribution >= 4 is 24.1 Å². The number of hydrogen-bond donors (Lipinski definition) is 1. The van der Waals surface area contributed by atoms with Gasteiger partial charge in [-0.25, -0.2) is 0 Å². The molecule has 1 aliphatic rings. The van der Waals surface area contributed by atoms with E-state index in [0.717, 1.165) is 38.9 Å². The van der Waals surface area contributed by atoms with Crippen LogP contribution in [0.5, 0.6) is 0 Å². The molecule has 0 atom stereocenters.